The second kappa shape index (κ2) is 7.99. The average molecular weight is 383 g/mol. The van der Waals surface area contributed by atoms with Crippen LogP contribution in [0.5, 0.6) is 0 Å². The molecule has 8 nitrogen and oxygen atoms in total. The number of carbonyl (C=O) groups is 2. The lowest BCUT2D eigenvalue weighted by Gasteiger charge is -2.09. The van der Waals surface area contributed by atoms with Crippen LogP contribution in [0.1, 0.15) is 37.2 Å². The molecule has 0 unspecified atom stereocenters. The molecule has 2 N–H and O–H groups in total. The molecule has 2 aromatic carbocycles. The second-order valence-corrected chi connectivity index (χ2v) is 6.39. The van der Waals surface area contributed by atoms with Crippen LogP contribution in [0.25, 0.3) is 11.1 Å². The fourth-order valence-electron chi connectivity index (χ4n) is 2.80. The average Bonchev–Trinajstić information content (AvgIpc) is 2.97. The molecule has 8 heteroatoms. The fraction of sp³-hybridized carbons (Fsp3) is 0.250. The minimum Gasteiger partial charge on any atom is -0.462 e. The third-order valence-electron chi connectivity index (χ3n) is 4.04. The molecule has 2 amide bonds. The Hall–Kier alpha value is -3.55. The topological polar surface area (TPSA) is 103 Å². The molecule has 0 saturated heterocycles. The van der Waals surface area contributed by atoms with Crippen LogP contribution in [0.4, 0.5) is 16.2 Å². The van der Waals surface area contributed by atoms with Crippen LogP contribution in [0.2, 0.25) is 0 Å². The minimum absolute atomic E-state index is 0.0339. The molecule has 0 saturated carbocycles. The van der Waals surface area contributed by atoms with Gasteiger partial charge in [-0.1, -0.05) is 0 Å². The van der Waals surface area contributed by atoms with Crippen molar-refractivity contribution in [3.05, 3.63) is 58.6 Å². The van der Waals surface area contributed by atoms with Gasteiger partial charge >= 0.3 is 17.8 Å². The Bertz CT molecular complexity index is 1060. The van der Waals surface area contributed by atoms with Crippen molar-refractivity contribution >= 4 is 34.5 Å². The smallest absolute Gasteiger partial charge is 0.420 e. The maximum absolute atomic E-state index is 12.2. The number of ether oxygens (including phenoxy) is 1. The summed E-state index contributed by atoms with van der Waals surface area (Å²) in [4.78, 5) is 35.8. The van der Waals surface area contributed by atoms with Crippen LogP contribution in [0.15, 0.2) is 51.7 Å². The van der Waals surface area contributed by atoms with E-state index >= 15 is 0 Å². The van der Waals surface area contributed by atoms with Crippen LogP contribution in [0.3, 0.4) is 0 Å². The van der Waals surface area contributed by atoms with Crippen molar-refractivity contribution in [2.75, 3.05) is 17.2 Å². The van der Waals surface area contributed by atoms with Gasteiger partial charge in [-0.05, 0) is 57.2 Å². The number of nitrogens with zero attached hydrogens (tertiary/aromatic N) is 1. The molecule has 0 fully saturated rings. The van der Waals surface area contributed by atoms with Gasteiger partial charge in [-0.2, -0.15) is 0 Å². The van der Waals surface area contributed by atoms with Crippen molar-refractivity contribution in [2.45, 2.75) is 26.8 Å². The highest BCUT2D eigenvalue weighted by molar-refractivity contribution is 6.01. The fourth-order valence-corrected chi connectivity index (χ4v) is 2.80. The van der Waals surface area contributed by atoms with E-state index in [4.69, 9.17) is 9.15 Å². The van der Waals surface area contributed by atoms with Gasteiger partial charge in [0.1, 0.15) is 0 Å². The molecular formula is C20H21N3O5. The first-order chi connectivity index (χ1) is 13.4. The van der Waals surface area contributed by atoms with Crippen molar-refractivity contribution in [1.82, 2.24) is 4.57 Å². The Morgan fingerprint density at radius 1 is 1.07 bits per heavy atom. The Morgan fingerprint density at radius 3 is 2.36 bits per heavy atom. The molecule has 0 aliphatic heterocycles. The van der Waals surface area contributed by atoms with Gasteiger partial charge in [0, 0.05) is 23.5 Å². The highest BCUT2D eigenvalue weighted by Crippen LogP contribution is 2.21. The Labute approximate surface area is 161 Å². The molecule has 1 heterocycles. The maximum Gasteiger partial charge on any atom is 0.420 e. The summed E-state index contributed by atoms with van der Waals surface area (Å²) in [6, 6.07) is 10.9. The van der Waals surface area contributed by atoms with E-state index < -0.39 is 17.8 Å². The number of carbonyl (C=O) groups excluding carboxylic acids is 2. The van der Waals surface area contributed by atoms with Gasteiger partial charge in [0.25, 0.3) is 0 Å². The maximum atomic E-state index is 12.2. The van der Waals surface area contributed by atoms with E-state index in [9.17, 15) is 14.4 Å². The molecule has 0 spiro atoms. The van der Waals surface area contributed by atoms with Gasteiger partial charge in [-0.15, -0.1) is 0 Å². The number of anilines is 2. The van der Waals surface area contributed by atoms with E-state index in [0.717, 1.165) is 0 Å². The minimum atomic E-state index is -0.464. The van der Waals surface area contributed by atoms with Crippen LogP contribution >= 0.6 is 0 Å². The zero-order valence-corrected chi connectivity index (χ0v) is 15.8. The number of esters is 1. The van der Waals surface area contributed by atoms with E-state index in [-0.39, 0.29) is 6.04 Å². The summed E-state index contributed by atoms with van der Waals surface area (Å²) in [6.45, 7) is 5.82. The molecule has 1 aromatic heterocycles. The normalized spacial score (nSPS) is 10.9. The number of urea groups is 1. The molecule has 0 bridgehead atoms. The largest absolute Gasteiger partial charge is 0.462 e. The van der Waals surface area contributed by atoms with Gasteiger partial charge in [0.2, 0.25) is 0 Å². The van der Waals surface area contributed by atoms with Crippen molar-refractivity contribution in [3.8, 4) is 0 Å². The van der Waals surface area contributed by atoms with Crippen LogP contribution in [-0.4, -0.2) is 23.2 Å². The molecule has 3 aromatic rings. The zero-order chi connectivity index (χ0) is 20.3. The van der Waals surface area contributed by atoms with E-state index in [1.54, 1.807) is 54.0 Å². The predicted molar refractivity (Wildman–Crippen MR) is 106 cm³/mol. The lowest BCUT2D eigenvalue weighted by Crippen LogP contribution is -2.19. The summed E-state index contributed by atoms with van der Waals surface area (Å²) in [7, 11) is 0. The Morgan fingerprint density at radius 2 is 1.71 bits per heavy atom. The first-order valence-electron chi connectivity index (χ1n) is 8.89. The van der Waals surface area contributed by atoms with Gasteiger partial charge < -0.3 is 19.8 Å². The summed E-state index contributed by atoms with van der Waals surface area (Å²) in [5.74, 6) is -0.852. The SMILES string of the molecule is CCOC(=O)c1ccc(NC(=O)Nc2ccc3c(c2)oc(=O)n3C(C)C)cc1. The molecule has 0 atom stereocenters. The summed E-state index contributed by atoms with van der Waals surface area (Å²) < 4.78 is 11.7. The van der Waals surface area contributed by atoms with Crippen molar-refractivity contribution in [1.29, 1.82) is 0 Å². The van der Waals surface area contributed by atoms with Gasteiger partial charge in [-0.3, -0.25) is 4.57 Å². The lowest BCUT2D eigenvalue weighted by molar-refractivity contribution is 0.0526. The van der Waals surface area contributed by atoms with Crippen molar-refractivity contribution in [2.24, 2.45) is 0 Å². The molecule has 0 radical (unpaired) electrons. The number of fused-ring (bicyclic) bond motifs is 1. The summed E-state index contributed by atoms with van der Waals surface area (Å²) in [5, 5.41) is 5.36. The first kappa shape index (κ1) is 19.2. The number of hydrogen-bond acceptors (Lipinski definition) is 5. The number of nitrogens with one attached hydrogen (secondary N) is 2. The van der Waals surface area contributed by atoms with Crippen LogP contribution < -0.4 is 16.4 Å². The number of oxazole rings is 1. The monoisotopic (exact) mass is 383 g/mol. The summed E-state index contributed by atoms with van der Waals surface area (Å²) in [6.07, 6.45) is 0. The van der Waals surface area contributed by atoms with Gasteiger partial charge in [0.15, 0.2) is 5.58 Å². The van der Waals surface area contributed by atoms with Gasteiger partial charge in [-0.25, -0.2) is 14.4 Å². The number of amides is 2. The molecule has 0 aliphatic rings. The summed E-state index contributed by atoms with van der Waals surface area (Å²) >= 11 is 0. The van der Waals surface area contributed by atoms with E-state index in [1.807, 2.05) is 13.8 Å². The Balaban J connectivity index is 1.69. The highest BCUT2D eigenvalue weighted by Gasteiger charge is 2.13. The van der Waals surface area contributed by atoms with Crippen LogP contribution in [-0.2, 0) is 4.74 Å². The quantitative estimate of drug-likeness (QED) is 0.649. The number of aromatic nitrogens is 1. The summed E-state index contributed by atoms with van der Waals surface area (Å²) in [5.41, 5.74) is 2.47. The molecule has 0 aliphatic carbocycles. The molecule has 3 rings (SSSR count). The number of rotatable bonds is 5. The molecule has 28 heavy (non-hydrogen) atoms. The first-order valence-corrected chi connectivity index (χ1v) is 8.89. The van der Waals surface area contributed by atoms with Gasteiger partial charge in [0.05, 0.1) is 17.7 Å². The molecular weight excluding hydrogens is 362 g/mol. The highest BCUT2D eigenvalue weighted by atomic mass is 16.5. The van der Waals surface area contributed by atoms with E-state index in [2.05, 4.69) is 10.6 Å². The third-order valence-corrected chi connectivity index (χ3v) is 4.04. The predicted octanol–water partition coefficient (Wildman–Crippen LogP) is 4.00. The van der Waals surface area contributed by atoms with Crippen molar-refractivity contribution < 1.29 is 18.7 Å². The number of benzene rings is 2. The third kappa shape index (κ3) is 4.06. The molecule has 146 valence electrons. The Kier molecular flexibility index (Phi) is 5.49. The van der Waals surface area contributed by atoms with E-state index in [1.165, 1.54) is 0 Å². The zero-order valence-electron chi connectivity index (χ0n) is 15.8. The number of hydrogen-bond donors (Lipinski definition) is 2. The van der Waals surface area contributed by atoms with E-state index in [0.29, 0.717) is 34.6 Å². The lowest BCUT2D eigenvalue weighted by atomic mass is 10.2. The van der Waals surface area contributed by atoms with Crippen LogP contribution in [0, 0.1) is 0 Å². The van der Waals surface area contributed by atoms with Crippen molar-refractivity contribution in [3.63, 3.8) is 0 Å². The standard InChI is InChI=1S/C20H21N3O5/c1-4-27-18(24)13-5-7-14(8-6-13)21-19(25)22-15-9-10-16-17(11-15)28-20(26)23(16)12(2)3/h5-12H,4H2,1-3H3,(H2,21,22,25). The second-order valence-electron chi connectivity index (χ2n) is 6.39.